The average Bonchev–Trinajstić information content (AvgIpc) is 2.82. The number of thiazole rings is 1. The third-order valence-electron chi connectivity index (χ3n) is 3.08. The van der Waals surface area contributed by atoms with Crippen LogP contribution in [0.2, 0.25) is 0 Å². The average molecular weight is 230 g/mol. The first-order valence-corrected chi connectivity index (χ1v) is 6.51. The topological polar surface area (TPSA) is 24.9 Å². The van der Waals surface area contributed by atoms with Crippen LogP contribution in [0.5, 0.6) is 0 Å². The summed E-state index contributed by atoms with van der Waals surface area (Å²) >= 11 is 1.74. The first-order chi connectivity index (χ1) is 7.93. The fourth-order valence-electron chi connectivity index (χ4n) is 2.30. The molecule has 1 aliphatic heterocycles. The second-order valence-corrected chi connectivity index (χ2v) is 5.06. The highest BCUT2D eigenvalue weighted by Crippen LogP contribution is 2.26. The van der Waals surface area contributed by atoms with Gasteiger partial charge in [-0.2, -0.15) is 0 Å². The van der Waals surface area contributed by atoms with Crippen molar-refractivity contribution in [1.82, 2.24) is 10.3 Å². The van der Waals surface area contributed by atoms with Gasteiger partial charge >= 0.3 is 0 Å². The fraction of sp³-hybridized carbons (Fsp3) is 0.308. The maximum Gasteiger partial charge on any atom is 0.0943 e. The Hall–Kier alpha value is -1.19. The Labute approximate surface area is 99.4 Å². The molecule has 1 aromatic heterocycles. The van der Waals surface area contributed by atoms with Crippen molar-refractivity contribution in [3.05, 3.63) is 52.0 Å². The molecule has 16 heavy (non-hydrogen) atoms. The van der Waals surface area contributed by atoms with Crippen LogP contribution in [0.1, 0.15) is 22.2 Å². The third-order valence-corrected chi connectivity index (χ3v) is 3.88. The lowest BCUT2D eigenvalue weighted by Gasteiger charge is -2.26. The first-order valence-electron chi connectivity index (χ1n) is 5.63. The molecule has 0 radical (unpaired) electrons. The number of aromatic nitrogens is 1. The zero-order chi connectivity index (χ0) is 10.8. The second kappa shape index (κ2) is 4.36. The van der Waals surface area contributed by atoms with Crippen LogP contribution in [-0.4, -0.2) is 11.5 Å². The van der Waals surface area contributed by atoms with E-state index in [-0.39, 0.29) is 0 Å². The minimum absolute atomic E-state index is 0.441. The quantitative estimate of drug-likeness (QED) is 0.857. The maximum absolute atomic E-state index is 4.36. The number of fused-ring (bicyclic) bond motifs is 1. The van der Waals surface area contributed by atoms with Crippen molar-refractivity contribution < 1.29 is 0 Å². The van der Waals surface area contributed by atoms with Gasteiger partial charge in [0.2, 0.25) is 0 Å². The molecule has 2 aromatic rings. The lowest BCUT2D eigenvalue weighted by atomic mass is 9.93. The van der Waals surface area contributed by atoms with Gasteiger partial charge in [-0.25, -0.2) is 4.98 Å². The van der Waals surface area contributed by atoms with E-state index in [2.05, 4.69) is 34.6 Å². The molecule has 0 fully saturated rings. The Bertz CT molecular complexity index is 465. The normalized spacial score (nSPS) is 19.4. The van der Waals surface area contributed by atoms with Crippen molar-refractivity contribution in [2.45, 2.75) is 18.9 Å². The molecule has 1 atom stereocenters. The number of nitrogens with one attached hydrogen (secondary N) is 1. The number of hydrogen-bond acceptors (Lipinski definition) is 3. The standard InChI is InChI=1S/C13H14N2S/c1-2-4-11-10(3-1)5-6-14-12(11)9-13-15-7-8-16-13/h1-4,7-8,12,14H,5-6,9H2. The van der Waals surface area contributed by atoms with Gasteiger partial charge in [0.1, 0.15) is 0 Å². The van der Waals surface area contributed by atoms with Crippen molar-refractivity contribution in [1.29, 1.82) is 0 Å². The highest BCUT2D eigenvalue weighted by molar-refractivity contribution is 7.09. The fourth-order valence-corrected chi connectivity index (χ4v) is 2.97. The van der Waals surface area contributed by atoms with E-state index < -0.39 is 0 Å². The molecule has 0 aliphatic carbocycles. The number of nitrogens with zero attached hydrogens (tertiary/aromatic N) is 1. The van der Waals surface area contributed by atoms with E-state index in [0.29, 0.717) is 6.04 Å². The Morgan fingerprint density at radius 1 is 1.38 bits per heavy atom. The Balaban J connectivity index is 1.87. The molecule has 3 rings (SSSR count). The monoisotopic (exact) mass is 230 g/mol. The van der Waals surface area contributed by atoms with E-state index in [1.165, 1.54) is 16.1 Å². The Morgan fingerprint density at radius 2 is 2.31 bits per heavy atom. The molecular formula is C13H14N2S. The lowest BCUT2D eigenvalue weighted by molar-refractivity contribution is 0.502. The summed E-state index contributed by atoms with van der Waals surface area (Å²) in [7, 11) is 0. The summed E-state index contributed by atoms with van der Waals surface area (Å²) in [6.45, 7) is 1.08. The van der Waals surface area contributed by atoms with Gasteiger partial charge in [0.15, 0.2) is 0 Å². The third kappa shape index (κ3) is 1.88. The molecule has 1 aromatic carbocycles. The summed E-state index contributed by atoms with van der Waals surface area (Å²) in [5, 5.41) is 6.84. The van der Waals surface area contributed by atoms with Gasteiger partial charge in [-0.15, -0.1) is 11.3 Å². The summed E-state index contributed by atoms with van der Waals surface area (Å²) in [4.78, 5) is 4.36. The van der Waals surface area contributed by atoms with E-state index in [9.17, 15) is 0 Å². The molecule has 0 saturated carbocycles. The van der Waals surface area contributed by atoms with E-state index >= 15 is 0 Å². The van der Waals surface area contributed by atoms with Crippen LogP contribution in [-0.2, 0) is 12.8 Å². The van der Waals surface area contributed by atoms with Crippen molar-refractivity contribution in [2.24, 2.45) is 0 Å². The molecule has 1 N–H and O–H groups in total. The highest BCUT2D eigenvalue weighted by atomic mass is 32.1. The summed E-state index contributed by atoms with van der Waals surface area (Å²) < 4.78 is 0. The highest BCUT2D eigenvalue weighted by Gasteiger charge is 2.19. The summed E-state index contributed by atoms with van der Waals surface area (Å²) in [6.07, 6.45) is 4.04. The molecule has 1 unspecified atom stereocenters. The van der Waals surface area contributed by atoms with E-state index in [1.807, 2.05) is 11.6 Å². The second-order valence-electron chi connectivity index (χ2n) is 4.09. The van der Waals surface area contributed by atoms with Gasteiger partial charge in [0.25, 0.3) is 0 Å². The van der Waals surface area contributed by atoms with Crippen LogP contribution in [0.25, 0.3) is 0 Å². The van der Waals surface area contributed by atoms with Gasteiger partial charge in [-0.05, 0) is 24.1 Å². The van der Waals surface area contributed by atoms with Crippen LogP contribution in [0, 0.1) is 0 Å². The number of hydrogen-bond donors (Lipinski definition) is 1. The smallest absolute Gasteiger partial charge is 0.0943 e. The summed E-state index contributed by atoms with van der Waals surface area (Å²) in [6, 6.07) is 9.17. The van der Waals surface area contributed by atoms with Crippen LogP contribution in [0.3, 0.4) is 0 Å². The molecule has 1 aliphatic rings. The van der Waals surface area contributed by atoms with Gasteiger partial charge < -0.3 is 5.32 Å². The zero-order valence-electron chi connectivity index (χ0n) is 9.02. The number of rotatable bonds is 2. The molecule has 2 nitrogen and oxygen atoms in total. The minimum atomic E-state index is 0.441. The van der Waals surface area contributed by atoms with E-state index in [4.69, 9.17) is 0 Å². The van der Waals surface area contributed by atoms with Gasteiger partial charge in [-0.3, -0.25) is 0 Å². The van der Waals surface area contributed by atoms with Crippen LogP contribution in [0.4, 0.5) is 0 Å². The Morgan fingerprint density at radius 3 is 3.19 bits per heavy atom. The Kier molecular flexibility index (Phi) is 2.72. The zero-order valence-corrected chi connectivity index (χ0v) is 9.83. The largest absolute Gasteiger partial charge is 0.309 e. The number of benzene rings is 1. The molecule has 0 bridgehead atoms. The van der Waals surface area contributed by atoms with E-state index in [0.717, 1.165) is 19.4 Å². The first kappa shape index (κ1) is 10.00. The van der Waals surface area contributed by atoms with Gasteiger partial charge in [0.05, 0.1) is 5.01 Å². The molecule has 0 amide bonds. The van der Waals surface area contributed by atoms with Crippen LogP contribution >= 0.6 is 11.3 Å². The maximum atomic E-state index is 4.36. The minimum Gasteiger partial charge on any atom is -0.309 e. The van der Waals surface area contributed by atoms with Crippen molar-refractivity contribution in [2.75, 3.05) is 6.54 Å². The predicted molar refractivity (Wildman–Crippen MR) is 66.7 cm³/mol. The SMILES string of the molecule is c1ccc2c(c1)CCNC2Cc1nccs1. The van der Waals surface area contributed by atoms with Crippen molar-refractivity contribution >= 4 is 11.3 Å². The van der Waals surface area contributed by atoms with E-state index in [1.54, 1.807) is 11.3 Å². The molecule has 0 spiro atoms. The van der Waals surface area contributed by atoms with Crippen molar-refractivity contribution in [3.8, 4) is 0 Å². The molecule has 0 saturated heterocycles. The molecule has 82 valence electrons. The molecule has 3 heteroatoms. The van der Waals surface area contributed by atoms with Crippen molar-refractivity contribution in [3.63, 3.8) is 0 Å². The predicted octanol–water partition coefficient (Wildman–Crippen LogP) is 2.57. The van der Waals surface area contributed by atoms with Crippen LogP contribution in [0.15, 0.2) is 35.8 Å². The van der Waals surface area contributed by atoms with Gasteiger partial charge in [0, 0.05) is 24.0 Å². The summed E-state index contributed by atoms with van der Waals surface area (Å²) in [5.41, 5.74) is 2.94. The van der Waals surface area contributed by atoms with Crippen LogP contribution < -0.4 is 5.32 Å². The molecular weight excluding hydrogens is 216 g/mol. The summed E-state index contributed by atoms with van der Waals surface area (Å²) in [5.74, 6) is 0. The molecule has 2 heterocycles. The lowest BCUT2D eigenvalue weighted by Crippen LogP contribution is -2.31. The van der Waals surface area contributed by atoms with Gasteiger partial charge in [-0.1, -0.05) is 24.3 Å².